The predicted octanol–water partition coefficient (Wildman–Crippen LogP) is 9.71. The minimum atomic E-state index is -0.680. The summed E-state index contributed by atoms with van der Waals surface area (Å²) in [5.74, 6) is -0.538. The Kier molecular flexibility index (Phi) is 14.0. The lowest BCUT2D eigenvalue weighted by Crippen LogP contribution is -2.36. The maximum Gasteiger partial charge on any atom is 0.303 e. The molecule has 0 spiro atoms. The second-order valence-electron chi connectivity index (χ2n) is 17.1. The zero-order valence-corrected chi connectivity index (χ0v) is 40.4. The first kappa shape index (κ1) is 47.8. The smallest absolute Gasteiger partial charge is 0.303 e. The Bertz CT molecular complexity index is 3440. The largest absolute Gasteiger partial charge is 0.456 e. The number of rotatable bonds is 9. The molecule has 354 valence electrons. The van der Waals surface area contributed by atoms with Crippen molar-refractivity contribution in [2.24, 2.45) is 9.98 Å². The van der Waals surface area contributed by atoms with Gasteiger partial charge in [-0.05, 0) is 93.3 Å². The van der Waals surface area contributed by atoms with Crippen LogP contribution in [0, 0.1) is 0 Å². The summed E-state index contributed by atoms with van der Waals surface area (Å²) in [7, 11) is 3.52. The molecule has 2 atom stereocenters. The van der Waals surface area contributed by atoms with Crippen molar-refractivity contribution in [1.82, 2.24) is 9.97 Å². The quantitative estimate of drug-likeness (QED) is 0.135. The number of amides is 3. The van der Waals surface area contributed by atoms with Crippen LogP contribution in [0.4, 0.5) is 23.0 Å². The Morgan fingerprint density at radius 1 is 0.606 bits per heavy atom. The number of aromatic nitrogens is 2. The summed E-state index contributed by atoms with van der Waals surface area (Å²) >= 11 is 12.7. The van der Waals surface area contributed by atoms with Gasteiger partial charge in [0.25, 0.3) is 17.7 Å². The van der Waals surface area contributed by atoms with Crippen LogP contribution in [0.5, 0.6) is 0 Å². The molecule has 0 saturated heterocycles. The number of halogens is 2. The van der Waals surface area contributed by atoms with Crippen LogP contribution < -0.4 is 20.9 Å². The van der Waals surface area contributed by atoms with Crippen LogP contribution >= 0.6 is 23.2 Å². The molecular weight excluding hydrogens is 936 g/mol. The first-order valence-electron chi connectivity index (χ1n) is 22.7. The number of nitrogens with zero attached hydrogens (tertiary/aromatic N) is 6. The number of nitrogen functional groups attached to an aromatic ring is 1. The predicted molar refractivity (Wildman–Crippen MR) is 282 cm³/mol. The first-order chi connectivity index (χ1) is 34.3. The number of benzodiazepines with no additional fused rings is 2. The van der Waals surface area contributed by atoms with E-state index >= 15 is 0 Å². The molecule has 6 aromatic carbocycles. The normalized spacial score (nSPS) is 15.3. The fourth-order valence-corrected chi connectivity index (χ4v) is 8.97. The number of carbonyl (C=O) groups excluding carboxylic acids is 4. The topological polar surface area (TPSA) is 173 Å². The Morgan fingerprint density at radius 2 is 1.08 bits per heavy atom. The van der Waals surface area contributed by atoms with Gasteiger partial charge in [0, 0.05) is 78.6 Å². The number of pyridine rings is 2. The van der Waals surface area contributed by atoms with E-state index in [1.54, 1.807) is 78.8 Å². The highest BCUT2D eigenvalue weighted by atomic mass is 35.5. The summed E-state index contributed by atoms with van der Waals surface area (Å²) in [5.41, 5.74) is 13.5. The number of likely N-dealkylation sites (N-methyl/N-ethyl adjacent to an activating group) is 2. The van der Waals surface area contributed by atoms with Crippen molar-refractivity contribution in [3.63, 3.8) is 0 Å². The van der Waals surface area contributed by atoms with Crippen LogP contribution in [0.25, 0.3) is 21.5 Å². The summed E-state index contributed by atoms with van der Waals surface area (Å²) < 4.78 is 4.72. The van der Waals surface area contributed by atoms with Crippen molar-refractivity contribution in [2.45, 2.75) is 31.8 Å². The molecule has 4 heterocycles. The fraction of sp³-hybridized carbons (Fsp3) is 0.143. The number of hydrogen-bond acceptors (Lipinski definition) is 10. The number of hydrogen-bond donors (Lipinski definition) is 2. The Hall–Kier alpha value is -8.26. The van der Waals surface area contributed by atoms with Crippen LogP contribution in [0.15, 0.2) is 168 Å². The second-order valence-corrected chi connectivity index (χ2v) is 18.0. The van der Waals surface area contributed by atoms with Gasteiger partial charge in [0.15, 0.2) is 6.61 Å². The number of aliphatic imine (C=N–C) groups is 2. The van der Waals surface area contributed by atoms with Crippen LogP contribution in [-0.2, 0) is 36.8 Å². The number of nitrogens with one attached hydrogen (secondary N) is 1. The van der Waals surface area contributed by atoms with E-state index in [1.165, 1.54) is 12.3 Å². The van der Waals surface area contributed by atoms with Crippen LogP contribution in [-0.4, -0.2) is 77.9 Å². The van der Waals surface area contributed by atoms with Gasteiger partial charge < -0.3 is 25.6 Å². The van der Waals surface area contributed by atoms with Gasteiger partial charge in [-0.1, -0.05) is 108 Å². The number of carbonyl (C=O) groups is 4. The van der Waals surface area contributed by atoms with E-state index in [2.05, 4.69) is 57.7 Å². The van der Waals surface area contributed by atoms with Crippen molar-refractivity contribution in [1.29, 1.82) is 0 Å². The number of benzene rings is 6. The first-order valence-corrected chi connectivity index (χ1v) is 23.4. The number of esters is 1. The number of ether oxygens (including phenoxy) is 1. The van der Waals surface area contributed by atoms with Gasteiger partial charge >= 0.3 is 5.97 Å². The molecule has 0 radical (unpaired) electrons. The monoisotopic (exact) mass is 980 g/mol. The minimum Gasteiger partial charge on any atom is -0.456 e. The standard InChI is InChI=1S/C30H25ClN4O4.C26H21ClN4O/c1-18(36)39-17-28(37)34-27-12-9-22(16-32-27)29-24-15-23(31)10-11-26(24)35(2)30(38)25(33-29)14-19-7-8-20-5-3-4-6-21(20)13-19;1-31-23-10-9-20(27)14-21(23)25(19-8-11-24(28)29-15-19)30-22(26(31)32)13-16-6-7-17-4-2-3-5-18(17)12-16/h3-13,15-16,25H,14,17H2,1-2H3,(H,32,34,37);2-12,14-15,22H,13H2,1H3,(H2,28,29). The van der Waals surface area contributed by atoms with Gasteiger partial charge in [0.1, 0.15) is 23.7 Å². The minimum absolute atomic E-state index is 0.0693. The molecule has 2 aliphatic rings. The molecule has 71 heavy (non-hydrogen) atoms. The van der Waals surface area contributed by atoms with Gasteiger partial charge in [-0.25, -0.2) is 9.97 Å². The molecule has 10 rings (SSSR count). The third-order valence-corrected chi connectivity index (χ3v) is 12.7. The second kappa shape index (κ2) is 20.8. The maximum absolute atomic E-state index is 13.6. The molecular formula is C56H46Cl2N8O5. The molecule has 0 saturated carbocycles. The van der Waals surface area contributed by atoms with Gasteiger partial charge in [-0.3, -0.25) is 29.2 Å². The van der Waals surface area contributed by atoms with E-state index in [4.69, 9.17) is 43.7 Å². The molecule has 0 aliphatic carbocycles. The molecule has 13 nitrogen and oxygen atoms in total. The van der Waals surface area contributed by atoms with Crippen molar-refractivity contribution >= 4 is 103 Å². The summed E-state index contributed by atoms with van der Waals surface area (Å²) in [4.78, 5) is 71.8. The fourth-order valence-electron chi connectivity index (χ4n) is 8.63. The Labute approximate surface area is 419 Å². The van der Waals surface area contributed by atoms with Crippen molar-refractivity contribution < 1.29 is 23.9 Å². The van der Waals surface area contributed by atoms with Crippen molar-refractivity contribution in [3.8, 4) is 0 Å². The van der Waals surface area contributed by atoms with E-state index in [-0.39, 0.29) is 17.6 Å². The lowest BCUT2D eigenvalue weighted by atomic mass is 10.0. The molecule has 3 N–H and O–H groups in total. The molecule has 0 bridgehead atoms. The van der Waals surface area contributed by atoms with Crippen LogP contribution in [0.1, 0.15) is 40.3 Å². The molecule has 8 aromatic rings. The average Bonchev–Trinajstić information content (AvgIpc) is 3.53. The molecule has 3 amide bonds. The highest BCUT2D eigenvalue weighted by Gasteiger charge is 2.32. The summed E-state index contributed by atoms with van der Waals surface area (Å²) in [6, 6.07) is 45.2. The molecule has 15 heteroatoms. The summed E-state index contributed by atoms with van der Waals surface area (Å²) in [6.45, 7) is 0.829. The molecule has 0 fully saturated rings. The number of nitrogens with two attached hydrogens (primary N) is 1. The van der Waals surface area contributed by atoms with E-state index in [9.17, 15) is 19.2 Å². The van der Waals surface area contributed by atoms with Gasteiger partial charge in [0.2, 0.25) is 0 Å². The van der Waals surface area contributed by atoms with Gasteiger partial charge in [0.05, 0.1) is 22.8 Å². The molecule has 2 aromatic heterocycles. The number of anilines is 4. The zero-order chi connectivity index (χ0) is 49.8. The SMILES string of the molecule is CC(=O)OCC(=O)Nc1ccc(C2=NC(Cc3ccc4ccccc4c3)C(=O)N(C)c3ccc(Cl)cc32)cn1.CN1C(=O)C(Cc2ccc3ccccc3c2)N=C(c2ccc(N)nc2)c2cc(Cl)ccc21. The summed E-state index contributed by atoms with van der Waals surface area (Å²) in [6.07, 6.45) is 4.16. The highest BCUT2D eigenvalue weighted by molar-refractivity contribution is 6.32. The van der Waals surface area contributed by atoms with E-state index in [0.29, 0.717) is 56.9 Å². The highest BCUT2D eigenvalue weighted by Crippen LogP contribution is 2.33. The Morgan fingerprint density at radius 3 is 1.54 bits per heavy atom. The van der Waals surface area contributed by atoms with E-state index in [0.717, 1.165) is 44.1 Å². The van der Waals surface area contributed by atoms with Crippen LogP contribution in [0.3, 0.4) is 0 Å². The van der Waals surface area contributed by atoms with Crippen LogP contribution in [0.2, 0.25) is 10.0 Å². The molecule has 2 aliphatic heterocycles. The molecule has 2 unspecified atom stereocenters. The lowest BCUT2D eigenvalue weighted by molar-refractivity contribution is -0.145. The average molecular weight is 982 g/mol. The third-order valence-electron chi connectivity index (χ3n) is 12.2. The summed E-state index contributed by atoms with van der Waals surface area (Å²) in [5, 5.41) is 8.21. The van der Waals surface area contributed by atoms with Gasteiger partial charge in [-0.15, -0.1) is 0 Å². The third kappa shape index (κ3) is 10.8. The zero-order valence-electron chi connectivity index (χ0n) is 38.8. The van der Waals surface area contributed by atoms with E-state index in [1.807, 2.05) is 60.7 Å². The maximum atomic E-state index is 13.6. The lowest BCUT2D eigenvalue weighted by Gasteiger charge is -2.20. The van der Waals surface area contributed by atoms with E-state index < -0.39 is 30.6 Å². The Balaban J connectivity index is 0.000000179. The van der Waals surface area contributed by atoms with Crippen molar-refractivity contribution in [2.75, 3.05) is 41.6 Å². The van der Waals surface area contributed by atoms with Gasteiger partial charge in [-0.2, -0.15) is 0 Å². The number of fused-ring (bicyclic) bond motifs is 4. The van der Waals surface area contributed by atoms with Crippen molar-refractivity contribution in [3.05, 3.63) is 201 Å².